The minimum absolute atomic E-state index is 0.0371. The molecule has 1 saturated heterocycles. The molecule has 0 unspecified atom stereocenters. The summed E-state index contributed by atoms with van der Waals surface area (Å²) < 4.78 is 16.2. The van der Waals surface area contributed by atoms with Crippen molar-refractivity contribution in [3.05, 3.63) is 47.5 Å². The highest BCUT2D eigenvalue weighted by Crippen LogP contribution is 2.37. The maximum absolute atomic E-state index is 12.7. The van der Waals surface area contributed by atoms with E-state index in [9.17, 15) is 20.1 Å². The lowest BCUT2D eigenvalue weighted by molar-refractivity contribution is -0.0955. The molecule has 1 fully saturated rings. The maximum atomic E-state index is 12.7. The number of phenolic OH excluding ortho intramolecular Hbond substituents is 2. The summed E-state index contributed by atoms with van der Waals surface area (Å²) in [5.74, 6) is -0.0288. The Kier molecular flexibility index (Phi) is 6.06. The van der Waals surface area contributed by atoms with Crippen LogP contribution in [0.5, 0.6) is 23.0 Å². The molecule has 0 aliphatic carbocycles. The first-order valence-electron chi connectivity index (χ1n) is 9.06. The maximum Gasteiger partial charge on any atom is 0.194 e. The topological polar surface area (TPSA) is 105 Å². The Bertz CT molecular complexity index is 849. The Labute approximate surface area is 163 Å². The Morgan fingerprint density at radius 1 is 1.04 bits per heavy atom. The van der Waals surface area contributed by atoms with Crippen molar-refractivity contribution in [2.75, 3.05) is 14.2 Å². The largest absolute Gasteiger partial charge is 0.504 e. The lowest BCUT2D eigenvalue weighted by atomic mass is 9.93. The SMILES string of the molecule is COc1cc(C(=O)[C@@H](O)[C@@H]2CCC[C@H](c3ccc(O)c(OC)c3)O2)ccc1O. The van der Waals surface area contributed by atoms with Gasteiger partial charge in [-0.1, -0.05) is 6.07 Å². The van der Waals surface area contributed by atoms with E-state index in [0.717, 1.165) is 18.4 Å². The van der Waals surface area contributed by atoms with Gasteiger partial charge in [-0.05, 0) is 55.2 Å². The second kappa shape index (κ2) is 8.50. The molecule has 1 aliphatic rings. The number of ketones is 1. The van der Waals surface area contributed by atoms with Crippen molar-refractivity contribution >= 4 is 5.78 Å². The van der Waals surface area contributed by atoms with Crippen molar-refractivity contribution in [3.63, 3.8) is 0 Å². The molecule has 2 aromatic rings. The molecule has 0 amide bonds. The number of aromatic hydroxyl groups is 2. The molecule has 1 heterocycles. The number of benzene rings is 2. The van der Waals surface area contributed by atoms with Gasteiger partial charge in [0.2, 0.25) is 0 Å². The first kappa shape index (κ1) is 20.0. The third-order valence-electron chi connectivity index (χ3n) is 4.95. The average molecular weight is 388 g/mol. The number of carbonyl (C=O) groups excluding carboxylic acids is 1. The van der Waals surface area contributed by atoms with Crippen molar-refractivity contribution in [2.45, 2.75) is 37.6 Å². The van der Waals surface area contributed by atoms with E-state index in [1.807, 2.05) is 0 Å². The number of methoxy groups -OCH3 is 2. The van der Waals surface area contributed by atoms with E-state index in [2.05, 4.69) is 0 Å². The first-order valence-corrected chi connectivity index (χ1v) is 9.06. The third kappa shape index (κ3) is 4.05. The van der Waals surface area contributed by atoms with Crippen LogP contribution in [-0.2, 0) is 4.74 Å². The molecular formula is C21H24O7. The predicted octanol–water partition coefficient (Wildman–Crippen LogP) is 2.97. The zero-order valence-electron chi connectivity index (χ0n) is 15.8. The number of aliphatic hydroxyl groups is 1. The zero-order chi connectivity index (χ0) is 20.3. The summed E-state index contributed by atoms with van der Waals surface area (Å²) in [6.07, 6.45) is -0.250. The fourth-order valence-corrected chi connectivity index (χ4v) is 3.39. The number of carbonyl (C=O) groups is 1. The van der Waals surface area contributed by atoms with Gasteiger partial charge in [0, 0.05) is 5.56 Å². The molecular weight excluding hydrogens is 364 g/mol. The van der Waals surface area contributed by atoms with Crippen LogP contribution in [0.25, 0.3) is 0 Å². The summed E-state index contributed by atoms with van der Waals surface area (Å²) in [6, 6.07) is 9.16. The van der Waals surface area contributed by atoms with Crippen molar-refractivity contribution in [2.24, 2.45) is 0 Å². The summed E-state index contributed by atoms with van der Waals surface area (Å²) in [6.45, 7) is 0. The molecule has 28 heavy (non-hydrogen) atoms. The van der Waals surface area contributed by atoms with Gasteiger partial charge in [-0.15, -0.1) is 0 Å². The first-order chi connectivity index (χ1) is 13.4. The Morgan fingerprint density at radius 3 is 2.36 bits per heavy atom. The van der Waals surface area contributed by atoms with E-state index in [1.165, 1.54) is 38.5 Å². The van der Waals surface area contributed by atoms with Crippen LogP contribution in [0.2, 0.25) is 0 Å². The van der Waals surface area contributed by atoms with Gasteiger partial charge in [-0.2, -0.15) is 0 Å². The molecule has 0 aromatic heterocycles. The van der Waals surface area contributed by atoms with Gasteiger partial charge >= 0.3 is 0 Å². The fourth-order valence-electron chi connectivity index (χ4n) is 3.39. The zero-order valence-corrected chi connectivity index (χ0v) is 15.8. The fraction of sp³-hybridized carbons (Fsp3) is 0.381. The summed E-state index contributed by atoms with van der Waals surface area (Å²) in [5, 5.41) is 30.0. The summed E-state index contributed by atoms with van der Waals surface area (Å²) in [5.41, 5.74) is 1.05. The lowest BCUT2D eigenvalue weighted by Gasteiger charge is -2.32. The number of rotatable bonds is 6. The molecule has 0 bridgehead atoms. The van der Waals surface area contributed by atoms with Gasteiger partial charge in [0.25, 0.3) is 0 Å². The van der Waals surface area contributed by atoms with E-state index in [4.69, 9.17) is 14.2 Å². The number of aliphatic hydroxyl groups excluding tert-OH is 1. The summed E-state index contributed by atoms with van der Waals surface area (Å²) in [4.78, 5) is 12.7. The second-order valence-corrected chi connectivity index (χ2v) is 6.72. The van der Waals surface area contributed by atoms with Crippen LogP contribution < -0.4 is 9.47 Å². The van der Waals surface area contributed by atoms with Crippen LogP contribution in [0, 0.1) is 0 Å². The molecule has 0 spiro atoms. The predicted molar refractivity (Wildman–Crippen MR) is 101 cm³/mol. The van der Waals surface area contributed by atoms with Gasteiger partial charge in [-0.25, -0.2) is 0 Å². The highest BCUT2D eigenvalue weighted by Gasteiger charge is 2.33. The molecule has 0 radical (unpaired) electrons. The highest BCUT2D eigenvalue weighted by molar-refractivity contribution is 6.00. The molecule has 2 aromatic carbocycles. The second-order valence-electron chi connectivity index (χ2n) is 6.72. The average Bonchev–Trinajstić information content (AvgIpc) is 2.73. The number of Topliss-reactive ketones (excluding diaryl/α,β-unsaturated/α-hetero) is 1. The number of hydrogen-bond acceptors (Lipinski definition) is 7. The molecule has 0 saturated carbocycles. The molecule has 150 valence electrons. The third-order valence-corrected chi connectivity index (χ3v) is 4.95. The number of phenols is 2. The Morgan fingerprint density at radius 2 is 1.68 bits per heavy atom. The van der Waals surface area contributed by atoms with Crippen LogP contribution in [-0.4, -0.2) is 47.5 Å². The minimum atomic E-state index is -1.34. The number of hydrogen-bond donors (Lipinski definition) is 3. The number of ether oxygens (including phenoxy) is 3. The smallest absolute Gasteiger partial charge is 0.194 e. The van der Waals surface area contributed by atoms with Crippen LogP contribution >= 0.6 is 0 Å². The van der Waals surface area contributed by atoms with E-state index in [-0.39, 0.29) is 28.9 Å². The van der Waals surface area contributed by atoms with E-state index in [0.29, 0.717) is 12.2 Å². The molecule has 3 atom stereocenters. The van der Waals surface area contributed by atoms with Crippen LogP contribution in [0.15, 0.2) is 36.4 Å². The van der Waals surface area contributed by atoms with Crippen molar-refractivity contribution in [1.29, 1.82) is 0 Å². The molecule has 1 aliphatic heterocycles. The van der Waals surface area contributed by atoms with Crippen LogP contribution in [0.3, 0.4) is 0 Å². The molecule has 3 N–H and O–H groups in total. The standard InChI is InChI=1S/C21H24O7/c1-26-18-10-12(6-8-14(18)22)16-4-3-5-17(28-16)21(25)20(24)13-7-9-15(23)19(11-13)27-2/h6-11,16-17,21-23,25H,3-5H2,1-2H3/t16-,17+,21+/m1/s1. The Balaban J connectivity index is 1.75. The lowest BCUT2D eigenvalue weighted by Crippen LogP contribution is -2.39. The summed E-state index contributed by atoms with van der Waals surface area (Å²) in [7, 11) is 2.86. The van der Waals surface area contributed by atoms with Gasteiger partial charge in [0.15, 0.2) is 28.8 Å². The molecule has 3 rings (SSSR count). The van der Waals surface area contributed by atoms with Crippen molar-refractivity contribution in [1.82, 2.24) is 0 Å². The summed E-state index contributed by atoms with van der Waals surface area (Å²) >= 11 is 0. The minimum Gasteiger partial charge on any atom is -0.504 e. The van der Waals surface area contributed by atoms with Gasteiger partial charge in [-0.3, -0.25) is 4.79 Å². The Hall–Kier alpha value is -2.77. The monoisotopic (exact) mass is 388 g/mol. The van der Waals surface area contributed by atoms with Gasteiger partial charge < -0.3 is 29.5 Å². The van der Waals surface area contributed by atoms with E-state index in [1.54, 1.807) is 12.1 Å². The van der Waals surface area contributed by atoms with Crippen molar-refractivity contribution < 1.29 is 34.3 Å². The molecule has 7 nitrogen and oxygen atoms in total. The van der Waals surface area contributed by atoms with E-state index < -0.39 is 18.0 Å². The van der Waals surface area contributed by atoms with Gasteiger partial charge in [0.1, 0.15) is 6.10 Å². The van der Waals surface area contributed by atoms with Crippen LogP contribution in [0.4, 0.5) is 0 Å². The van der Waals surface area contributed by atoms with Crippen molar-refractivity contribution in [3.8, 4) is 23.0 Å². The highest BCUT2D eigenvalue weighted by atomic mass is 16.5. The quantitative estimate of drug-likeness (QED) is 0.653. The van der Waals surface area contributed by atoms with Crippen LogP contribution in [0.1, 0.15) is 41.3 Å². The normalized spacial score (nSPS) is 20.4. The van der Waals surface area contributed by atoms with E-state index >= 15 is 0 Å². The molecule has 7 heteroatoms. The van der Waals surface area contributed by atoms with Gasteiger partial charge in [0.05, 0.1) is 26.4 Å².